The Balaban J connectivity index is 1.87. The largest absolute Gasteiger partial charge is 0.508 e. The van der Waals surface area contributed by atoms with Crippen molar-refractivity contribution in [3.05, 3.63) is 24.3 Å². The molecule has 2 amide bonds. The highest BCUT2D eigenvalue weighted by atomic mass is 16.3. The van der Waals surface area contributed by atoms with Gasteiger partial charge in [-0.05, 0) is 31.4 Å². The predicted octanol–water partition coefficient (Wildman–Crippen LogP) is 2.07. The predicted molar refractivity (Wildman–Crippen MR) is 57.9 cm³/mol. The fourth-order valence-electron chi connectivity index (χ4n) is 1.49. The third kappa shape index (κ3) is 2.62. The van der Waals surface area contributed by atoms with Crippen LogP contribution in [0, 0.1) is 0 Å². The molecule has 1 aliphatic rings. The van der Waals surface area contributed by atoms with Gasteiger partial charge in [-0.15, -0.1) is 0 Å². The molecule has 1 aromatic rings. The number of urea groups is 1. The van der Waals surface area contributed by atoms with Gasteiger partial charge in [-0.2, -0.15) is 0 Å². The quantitative estimate of drug-likeness (QED) is 0.693. The Labute approximate surface area is 88.3 Å². The Bertz CT molecular complexity index is 361. The van der Waals surface area contributed by atoms with Gasteiger partial charge >= 0.3 is 6.03 Å². The molecule has 4 nitrogen and oxygen atoms in total. The van der Waals surface area contributed by atoms with Gasteiger partial charge in [0, 0.05) is 17.8 Å². The van der Waals surface area contributed by atoms with Crippen LogP contribution < -0.4 is 10.6 Å². The summed E-state index contributed by atoms with van der Waals surface area (Å²) in [5.41, 5.74) is 0.604. The number of benzene rings is 1. The molecule has 0 spiro atoms. The lowest BCUT2D eigenvalue weighted by Gasteiger charge is -2.26. The number of carbonyl (C=O) groups is 1. The topological polar surface area (TPSA) is 61.4 Å². The van der Waals surface area contributed by atoms with Gasteiger partial charge in [0.15, 0.2) is 0 Å². The molecule has 0 atom stereocenters. The van der Waals surface area contributed by atoms with Gasteiger partial charge in [-0.1, -0.05) is 6.07 Å². The maximum Gasteiger partial charge on any atom is 0.319 e. The summed E-state index contributed by atoms with van der Waals surface area (Å²) >= 11 is 0. The van der Waals surface area contributed by atoms with Gasteiger partial charge in [-0.25, -0.2) is 4.79 Å². The summed E-state index contributed by atoms with van der Waals surface area (Å²) in [6.45, 7) is 0. The van der Waals surface area contributed by atoms with Crippen LogP contribution in [0.3, 0.4) is 0 Å². The highest BCUT2D eigenvalue weighted by molar-refractivity contribution is 5.89. The molecule has 0 aromatic heterocycles. The molecule has 0 saturated heterocycles. The zero-order valence-corrected chi connectivity index (χ0v) is 8.36. The molecule has 3 N–H and O–H groups in total. The van der Waals surface area contributed by atoms with Crippen molar-refractivity contribution in [2.75, 3.05) is 5.32 Å². The van der Waals surface area contributed by atoms with Crippen molar-refractivity contribution in [1.82, 2.24) is 5.32 Å². The summed E-state index contributed by atoms with van der Waals surface area (Å²) in [5.74, 6) is 0.149. The third-order valence-electron chi connectivity index (χ3n) is 2.54. The first-order chi connectivity index (χ1) is 7.24. The second-order valence-corrected chi connectivity index (χ2v) is 3.78. The summed E-state index contributed by atoms with van der Waals surface area (Å²) in [5, 5.41) is 14.7. The van der Waals surface area contributed by atoms with E-state index < -0.39 is 0 Å². The fourth-order valence-corrected chi connectivity index (χ4v) is 1.49. The second-order valence-electron chi connectivity index (χ2n) is 3.78. The molecule has 0 aliphatic heterocycles. The van der Waals surface area contributed by atoms with E-state index in [2.05, 4.69) is 10.6 Å². The van der Waals surface area contributed by atoms with E-state index in [4.69, 9.17) is 0 Å². The van der Waals surface area contributed by atoms with E-state index in [1.54, 1.807) is 18.2 Å². The van der Waals surface area contributed by atoms with Gasteiger partial charge in [0.25, 0.3) is 0 Å². The molecule has 0 heterocycles. The van der Waals surface area contributed by atoms with Crippen molar-refractivity contribution in [2.45, 2.75) is 25.3 Å². The van der Waals surface area contributed by atoms with Gasteiger partial charge in [-0.3, -0.25) is 0 Å². The second kappa shape index (κ2) is 4.21. The van der Waals surface area contributed by atoms with E-state index in [1.807, 2.05) is 0 Å². The normalized spacial score (nSPS) is 15.5. The van der Waals surface area contributed by atoms with E-state index in [1.165, 1.54) is 12.5 Å². The van der Waals surface area contributed by atoms with E-state index >= 15 is 0 Å². The molecule has 1 aromatic carbocycles. The van der Waals surface area contributed by atoms with E-state index in [9.17, 15) is 9.90 Å². The van der Waals surface area contributed by atoms with Crippen LogP contribution in [-0.2, 0) is 0 Å². The number of hydrogen-bond donors (Lipinski definition) is 3. The maximum absolute atomic E-state index is 11.4. The molecule has 1 saturated carbocycles. The molecular formula is C11H14N2O2. The standard InChI is InChI=1S/C11H14N2O2/c14-10-6-2-5-9(7-10)13-11(15)12-8-3-1-4-8/h2,5-8,14H,1,3-4H2,(H2,12,13,15). The average molecular weight is 206 g/mol. The molecule has 1 aliphatic carbocycles. The average Bonchev–Trinajstić information content (AvgIpc) is 2.11. The first kappa shape index (κ1) is 9.83. The lowest BCUT2D eigenvalue weighted by atomic mass is 9.93. The van der Waals surface area contributed by atoms with Gasteiger partial charge in [0.2, 0.25) is 0 Å². The van der Waals surface area contributed by atoms with Crippen LogP contribution in [0.15, 0.2) is 24.3 Å². The number of nitrogens with one attached hydrogen (secondary N) is 2. The number of rotatable bonds is 2. The molecule has 0 bridgehead atoms. The number of hydrogen-bond acceptors (Lipinski definition) is 2. The van der Waals surface area contributed by atoms with Crippen LogP contribution in [-0.4, -0.2) is 17.2 Å². The van der Waals surface area contributed by atoms with Crippen molar-refractivity contribution in [2.24, 2.45) is 0 Å². The Morgan fingerprint density at radius 3 is 2.80 bits per heavy atom. The minimum atomic E-state index is -0.203. The lowest BCUT2D eigenvalue weighted by molar-refractivity contribution is 0.240. The zero-order valence-electron chi connectivity index (χ0n) is 8.36. The highest BCUT2D eigenvalue weighted by Gasteiger charge is 2.19. The van der Waals surface area contributed by atoms with Crippen LogP contribution in [0.5, 0.6) is 5.75 Å². The van der Waals surface area contributed by atoms with Crippen molar-refractivity contribution in [3.63, 3.8) is 0 Å². The van der Waals surface area contributed by atoms with E-state index in [0.29, 0.717) is 11.7 Å². The van der Waals surface area contributed by atoms with Crippen LogP contribution in [0.1, 0.15) is 19.3 Å². The van der Waals surface area contributed by atoms with E-state index in [-0.39, 0.29) is 11.8 Å². The third-order valence-corrected chi connectivity index (χ3v) is 2.54. The van der Waals surface area contributed by atoms with Crippen molar-refractivity contribution in [3.8, 4) is 5.75 Å². The van der Waals surface area contributed by atoms with Gasteiger partial charge < -0.3 is 15.7 Å². The minimum Gasteiger partial charge on any atom is -0.508 e. The van der Waals surface area contributed by atoms with Gasteiger partial charge in [0.1, 0.15) is 5.75 Å². The molecule has 0 radical (unpaired) electrons. The van der Waals surface area contributed by atoms with Gasteiger partial charge in [0.05, 0.1) is 0 Å². The fraction of sp³-hybridized carbons (Fsp3) is 0.364. The zero-order chi connectivity index (χ0) is 10.7. The first-order valence-corrected chi connectivity index (χ1v) is 5.10. The minimum absolute atomic E-state index is 0.149. The number of amides is 2. The molecule has 80 valence electrons. The van der Waals surface area contributed by atoms with E-state index in [0.717, 1.165) is 12.8 Å². The Morgan fingerprint density at radius 1 is 1.40 bits per heavy atom. The smallest absolute Gasteiger partial charge is 0.319 e. The maximum atomic E-state index is 11.4. The molecule has 2 rings (SSSR count). The number of anilines is 1. The van der Waals surface area contributed by atoms with Crippen molar-refractivity contribution < 1.29 is 9.90 Å². The van der Waals surface area contributed by atoms with Crippen LogP contribution >= 0.6 is 0 Å². The molecule has 0 unspecified atom stereocenters. The Morgan fingerprint density at radius 2 is 2.20 bits per heavy atom. The number of phenolic OH excluding ortho intramolecular Hbond substituents is 1. The van der Waals surface area contributed by atoms with Crippen LogP contribution in [0.25, 0.3) is 0 Å². The number of aromatic hydroxyl groups is 1. The first-order valence-electron chi connectivity index (χ1n) is 5.10. The summed E-state index contributed by atoms with van der Waals surface area (Å²) < 4.78 is 0. The summed E-state index contributed by atoms with van der Waals surface area (Å²) in [4.78, 5) is 11.4. The SMILES string of the molecule is O=C(Nc1cccc(O)c1)NC1CCC1. The highest BCUT2D eigenvalue weighted by Crippen LogP contribution is 2.19. The summed E-state index contributed by atoms with van der Waals surface area (Å²) in [7, 11) is 0. The summed E-state index contributed by atoms with van der Waals surface area (Å²) in [6, 6.07) is 6.62. The molecular weight excluding hydrogens is 192 g/mol. The number of phenols is 1. The van der Waals surface area contributed by atoms with Crippen molar-refractivity contribution >= 4 is 11.7 Å². The molecule has 4 heteroatoms. The molecule has 15 heavy (non-hydrogen) atoms. The Kier molecular flexibility index (Phi) is 2.76. The summed E-state index contributed by atoms with van der Waals surface area (Å²) in [6.07, 6.45) is 3.32. The Hall–Kier alpha value is -1.71. The van der Waals surface area contributed by atoms with Crippen LogP contribution in [0.4, 0.5) is 10.5 Å². The van der Waals surface area contributed by atoms with Crippen LogP contribution in [0.2, 0.25) is 0 Å². The molecule has 1 fully saturated rings. The monoisotopic (exact) mass is 206 g/mol. The van der Waals surface area contributed by atoms with Crippen molar-refractivity contribution in [1.29, 1.82) is 0 Å². The lowest BCUT2D eigenvalue weighted by Crippen LogP contribution is -2.41. The number of carbonyl (C=O) groups excluding carboxylic acids is 1.